The van der Waals surface area contributed by atoms with Gasteiger partial charge in [-0.2, -0.15) is 0 Å². The molecule has 5 heteroatoms. The van der Waals surface area contributed by atoms with Crippen molar-refractivity contribution in [2.75, 3.05) is 0 Å². The minimum Gasteiger partial charge on any atom is -0.353 e. The van der Waals surface area contributed by atoms with Crippen LogP contribution in [0.1, 0.15) is 20.7 Å². The second kappa shape index (κ2) is 3.51. The number of H-pyrrole nitrogens is 1. The number of amides is 2. The summed E-state index contributed by atoms with van der Waals surface area (Å²) in [6.45, 7) is 0. The molecule has 21 heavy (non-hydrogen) atoms. The lowest BCUT2D eigenvalue weighted by molar-refractivity contribution is 0.0880. The first-order valence-electron chi connectivity index (χ1n) is 6.55. The van der Waals surface area contributed by atoms with Crippen molar-refractivity contribution in [2.24, 2.45) is 0 Å². The molecule has 1 aliphatic heterocycles. The number of rotatable bonds is 0. The third-order valence-corrected chi connectivity index (χ3v) is 4.98. The zero-order valence-electron chi connectivity index (χ0n) is 10.7. The van der Waals surface area contributed by atoms with Gasteiger partial charge in [-0.3, -0.25) is 14.9 Å². The van der Waals surface area contributed by atoms with Crippen molar-refractivity contribution >= 4 is 55.0 Å². The molecule has 2 amide bonds. The van der Waals surface area contributed by atoms with Gasteiger partial charge in [-0.15, -0.1) is 11.3 Å². The maximum atomic E-state index is 12.3. The number of aromatic nitrogens is 1. The average molecular weight is 292 g/mol. The molecule has 2 aromatic heterocycles. The summed E-state index contributed by atoms with van der Waals surface area (Å²) in [7, 11) is 0. The lowest BCUT2D eigenvalue weighted by Gasteiger charge is -2.01. The molecule has 2 aromatic carbocycles. The normalized spacial score (nSPS) is 14.3. The fourth-order valence-corrected chi connectivity index (χ4v) is 4.13. The molecule has 4 aromatic rings. The summed E-state index contributed by atoms with van der Waals surface area (Å²) in [6, 6.07) is 9.76. The SMILES string of the molecule is O=C1NC(=O)c2c1c1ccsc1c1[nH]c3ccccc3c21. The maximum Gasteiger partial charge on any atom is 0.259 e. The Kier molecular flexibility index (Phi) is 1.84. The van der Waals surface area contributed by atoms with Gasteiger partial charge in [0.2, 0.25) is 0 Å². The molecule has 0 atom stereocenters. The van der Waals surface area contributed by atoms with Gasteiger partial charge in [-0.1, -0.05) is 18.2 Å². The molecule has 4 nitrogen and oxygen atoms in total. The maximum absolute atomic E-state index is 12.3. The summed E-state index contributed by atoms with van der Waals surface area (Å²) in [5.41, 5.74) is 2.92. The van der Waals surface area contributed by atoms with Crippen LogP contribution in [0.25, 0.3) is 31.9 Å². The summed E-state index contributed by atoms with van der Waals surface area (Å²) in [5, 5.41) is 7.04. The fourth-order valence-electron chi connectivity index (χ4n) is 3.22. The Morgan fingerprint density at radius 2 is 1.71 bits per heavy atom. The van der Waals surface area contributed by atoms with Crippen LogP contribution in [0.2, 0.25) is 0 Å². The molecule has 0 spiro atoms. The average Bonchev–Trinajstić information content (AvgIpc) is 3.14. The molecule has 100 valence electrons. The summed E-state index contributed by atoms with van der Waals surface area (Å²) in [4.78, 5) is 27.8. The molecule has 0 radical (unpaired) electrons. The first-order chi connectivity index (χ1) is 10.3. The number of hydrogen-bond donors (Lipinski definition) is 2. The predicted molar refractivity (Wildman–Crippen MR) is 83.0 cm³/mol. The number of thiophene rings is 1. The molecular weight excluding hydrogens is 284 g/mol. The van der Waals surface area contributed by atoms with Crippen molar-refractivity contribution in [3.05, 3.63) is 46.8 Å². The smallest absolute Gasteiger partial charge is 0.259 e. The van der Waals surface area contributed by atoms with Crippen LogP contribution in [0.3, 0.4) is 0 Å². The quantitative estimate of drug-likeness (QED) is 0.488. The number of para-hydroxylation sites is 1. The molecule has 0 aliphatic carbocycles. The van der Waals surface area contributed by atoms with Crippen LogP contribution in [-0.4, -0.2) is 16.8 Å². The van der Waals surface area contributed by atoms with Gasteiger partial charge < -0.3 is 4.98 Å². The highest BCUT2D eigenvalue weighted by Gasteiger charge is 2.33. The highest BCUT2D eigenvalue weighted by atomic mass is 32.1. The van der Waals surface area contributed by atoms with E-state index in [-0.39, 0.29) is 11.8 Å². The minimum absolute atomic E-state index is 0.300. The third kappa shape index (κ3) is 1.20. The molecule has 3 heterocycles. The van der Waals surface area contributed by atoms with Gasteiger partial charge in [0, 0.05) is 21.7 Å². The van der Waals surface area contributed by atoms with E-state index in [0.717, 1.165) is 31.9 Å². The standard InChI is InChI=1S/C16H8N2O2S/c19-15-11-8-5-6-21-14(8)13-10(12(11)16(20)18-15)7-3-1-2-4-9(7)17-13/h1-6,17H,(H,18,19,20). The number of imide groups is 1. The number of hydrogen-bond acceptors (Lipinski definition) is 3. The second-order valence-corrected chi connectivity index (χ2v) is 6.03. The number of benzene rings is 2. The van der Waals surface area contributed by atoms with E-state index in [9.17, 15) is 9.59 Å². The van der Waals surface area contributed by atoms with Crippen LogP contribution in [0.15, 0.2) is 35.7 Å². The van der Waals surface area contributed by atoms with E-state index in [1.165, 1.54) is 0 Å². The molecule has 5 rings (SSSR count). The predicted octanol–water partition coefficient (Wildman–Crippen LogP) is 3.42. The Labute approximate surface area is 122 Å². The summed E-state index contributed by atoms with van der Waals surface area (Å²) >= 11 is 1.58. The van der Waals surface area contributed by atoms with Crippen molar-refractivity contribution in [2.45, 2.75) is 0 Å². The topological polar surface area (TPSA) is 62.0 Å². The first kappa shape index (κ1) is 11.0. The van der Waals surface area contributed by atoms with Crippen LogP contribution >= 0.6 is 11.3 Å². The lowest BCUT2D eigenvalue weighted by atomic mass is 9.99. The van der Waals surface area contributed by atoms with Gasteiger partial charge in [0.25, 0.3) is 11.8 Å². The van der Waals surface area contributed by atoms with Gasteiger partial charge in [0.15, 0.2) is 0 Å². The zero-order chi connectivity index (χ0) is 14.1. The van der Waals surface area contributed by atoms with Crippen molar-refractivity contribution in [1.29, 1.82) is 0 Å². The van der Waals surface area contributed by atoms with E-state index in [4.69, 9.17) is 0 Å². The van der Waals surface area contributed by atoms with E-state index in [1.807, 2.05) is 35.7 Å². The fraction of sp³-hybridized carbons (Fsp3) is 0. The van der Waals surface area contributed by atoms with Crippen LogP contribution < -0.4 is 5.32 Å². The van der Waals surface area contributed by atoms with Crippen LogP contribution in [0.4, 0.5) is 0 Å². The van der Waals surface area contributed by atoms with Gasteiger partial charge in [0.05, 0.1) is 21.3 Å². The number of nitrogens with one attached hydrogen (secondary N) is 2. The van der Waals surface area contributed by atoms with Gasteiger partial charge >= 0.3 is 0 Å². The van der Waals surface area contributed by atoms with Gasteiger partial charge in [0.1, 0.15) is 0 Å². The summed E-state index contributed by atoms with van der Waals surface area (Å²) < 4.78 is 1.02. The molecule has 2 N–H and O–H groups in total. The van der Waals surface area contributed by atoms with E-state index in [0.29, 0.717) is 11.1 Å². The third-order valence-electron chi connectivity index (χ3n) is 4.05. The van der Waals surface area contributed by atoms with E-state index < -0.39 is 0 Å². The zero-order valence-corrected chi connectivity index (χ0v) is 11.5. The lowest BCUT2D eigenvalue weighted by Crippen LogP contribution is -2.20. The van der Waals surface area contributed by atoms with Crippen molar-refractivity contribution in [3.8, 4) is 0 Å². The van der Waals surface area contributed by atoms with E-state index >= 15 is 0 Å². The van der Waals surface area contributed by atoms with Crippen molar-refractivity contribution in [1.82, 2.24) is 10.3 Å². The Morgan fingerprint density at radius 3 is 2.62 bits per heavy atom. The Morgan fingerprint density at radius 1 is 0.905 bits per heavy atom. The molecule has 0 bridgehead atoms. The minimum atomic E-state index is -0.308. The first-order valence-corrected chi connectivity index (χ1v) is 7.43. The van der Waals surface area contributed by atoms with Crippen molar-refractivity contribution in [3.63, 3.8) is 0 Å². The molecule has 0 saturated heterocycles. The largest absolute Gasteiger partial charge is 0.353 e. The van der Waals surface area contributed by atoms with Crippen LogP contribution in [-0.2, 0) is 0 Å². The number of fused-ring (bicyclic) bond motifs is 8. The highest BCUT2D eigenvalue weighted by molar-refractivity contribution is 7.18. The summed E-state index contributed by atoms with van der Waals surface area (Å²) in [5.74, 6) is -0.608. The second-order valence-electron chi connectivity index (χ2n) is 5.12. The Bertz CT molecular complexity index is 1100. The van der Waals surface area contributed by atoms with E-state index in [2.05, 4.69) is 10.3 Å². The molecule has 0 fully saturated rings. The van der Waals surface area contributed by atoms with Gasteiger partial charge in [-0.25, -0.2) is 0 Å². The van der Waals surface area contributed by atoms with Crippen molar-refractivity contribution < 1.29 is 9.59 Å². The number of aromatic amines is 1. The summed E-state index contributed by atoms with van der Waals surface area (Å²) in [6.07, 6.45) is 0. The molecular formula is C16H8N2O2S. The Hall–Kier alpha value is -2.66. The van der Waals surface area contributed by atoms with Gasteiger partial charge in [-0.05, 0) is 17.5 Å². The highest BCUT2D eigenvalue weighted by Crippen LogP contribution is 2.41. The molecule has 0 unspecified atom stereocenters. The Balaban J connectivity index is 2.20. The molecule has 1 aliphatic rings. The van der Waals surface area contributed by atoms with Crippen LogP contribution in [0.5, 0.6) is 0 Å². The van der Waals surface area contributed by atoms with E-state index in [1.54, 1.807) is 11.3 Å². The number of carbonyl (C=O) groups is 2. The van der Waals surface area contributed by atoms with Crippen LogP contribution in [0, 0.1) is 0 Å². The molecule has 0 saturated carbocycles. The monoisotopic (exact) mass is 292 g/mol. The number of carbonyl (C=O) groups excluding carboxylic acids is 2.